The third kappa shape index (κ3) is 5.49. The van der Waals surface area contributed by atoms with Crippen LogP contribution in [0.2, 0.25) is 0 Å². The lowest BCUT2D eigenvalue weighted by molar-refractivity contribution is 0.190. The van der Waals surface area contributed by atoms with Crippen LogP contribution < -0.4 is 5.32 Å². The van der Waals surface area contributed by atoms with E-state index >= 15 is 0 Å². The fraction of sp³-hybridized carbons (Fsp3) is 0.348. The summed E-state index contributed by atoms with van der Waals surface area (Å²) in [5.74, 6) is 0. The van der Waals surface area contributed by atoms with Gasteiger partial charge in [0.2, 0.25) is 10.0 Å². The van der Waals surface area contributed by atoms with E-state index < -0.39 is 10.0 Å². The first-order chi connectivity index (χ1) is 14.4. The molecule has 1 aliphatic rings. The zero-order valence-electron chi connectivity index (χ0n) is 17.3. The number of aryl methyl sites for hydroxylation is 1. The average molecular weight is 428 g/mol. The highest BCUT2D eigenvalue weighted by molar-refractivity contribution is 7.89. The normalized spacial score (nSPS) is 15.5. The van der Waals surface area contributed by atoms with Crippen molar-refractivity contribution in [2.45, 2.75) is 37.2 Å². The number of nitrogens with one attached hydrogen (secondary N) is 1. The average Bonchev–Trinajstić information content (AvgIpc) is 2.75. The van der Waals surface area contributed by atoms with Gasteiger partial charge < -0.3 is 10.2 Å². The van der Waals surface area contributed by atoms with Gasteiger partial charge in [-0.15, -0.1) is 6.58 Å². The number of nitrogens with zero attached hydrogens (tertiary/aromatic N) is 2. The van der Waals surface area contributed by atoms with E-state index in [1.54, 1.807) is 35.2 Å². The zero-order valence-corrected chi connectivity index (χ0v) is 18.1. The molecule has 0 saturated carbocycles. The van der Waals surface area contributed by atoms with Crippen molar-refractivity contribution in [1.82, 2.24) is 14.5 Å². The predicted octanol–water partition coefficient (Wildman–Crippen LogP) is 3.55. The van der Waals surface area contributed by atoms with Gasteiger partial charge in [0, 0.05) is 32.2 Å². The van der Waals surface area contributed by atoms with E-state index in [0.29, 0.717) is 43.9 Å². The number of amides is 2. The van der Waals surface area contributed by atoms with Crippen LogP contribution in [0.3, 0.4) is 0 Å². The lowest BCUT2D eigenvalue weighted by Crippen LogP contribution is -2.50. The molecule has 7 heteroatoms. The maximum atomic E-state index is 12.8. The molecule has 160 valence electrons. The second-order valence-electron chi connectivity index (χ2n) is 7.60. The quantitative estimate of drug-likeness (QED) is 0.687. The van der Waals surface area contributed by atoms with Crippen molar-refractivity contribution in [1.29, 1.82) is 0 Å². The summed E-state index contributed by atoms with van der Waals surface area (Å²) < 4.78 is 27.2. The van der Waals surface area contributed by atoms with E-state index in [0.717, 1.165) is 11.1 Å². The van der Waals surface area contributed by atoms with E-state index in [4.69, 9.17) is 0 Å². The van der Waals surface area contributed by atoms with Crippen molar-refractivity contribution in [2.75, 3.05) is 19.6 Å². The molecule has 0 aliphatic carbocycles. The maximum Gasteiger partial charge on any atom is 0.318 e. The smallest absolute Gasteiger partial charge is 0.318 e. The molecule has 1 aliphatic heterocycles. The first kappa shape index (κ1) is 22.1. The molecule has 1 fully saturated rings. The topological polar surface area (TPSA) is 69.7 Å². The summed E-state index contributed by atoms with van der Waals surface area (Å²) in [4.78, 5) is 14.8. The van der Waals surface area contributed by atoms with Gasteiger partial charge in [-0.3, -0.25) is 0 Å². The van der Waals surface area contributed by atoms with Crippen molar-refractivity contribution in [3.05, 3.63) is 78.4 Å². The van der Waals surface area contributed by atoms with Gasteiger partial charge in [0.1, 0.15) is 0 Å². The highest BCUT2D eigenvalue weighted by Crippen LogP contribution is 2.21. The van der Waals surface area contributed by atoms with Crippen molar-refractivity contribution < 1.29 is 13.2 Å². The van der Waals surface area contributed by atoms with Gasteiger partial charge in [-0.05, 0) is 37.5 Å². The standard InChI is InChI=1S/C23H29N3O3S/c1-3-15-25(18-20-7-5-4-6-8-20)23(27)24-21-13-16-26(17-14-21)30(28,29)22-11-9-19(2)10-12-22/h3-12,21H,1,13-18H2,2H3,(H,24,27). The highest BCUT2D eigenvalue weighted by Gasteiger charge is 2.30. The molecule has 0 radical (unpaired) electrons. The number of urea groups is 1. The number of hydrogen-bond acceptors (Lipinski definition) is 3. The molecule has 2 aromatic carbocycles. The third-order valence-electron chi connectivity index (χ3n) is 5.29. The van der Waals surface area contributed by atoms with E-state index in [-0.39, 0.29) is 12.1 Å². The van der Waals surface area contributed by atoms with Gasteiger partial charge in [-0.2, -0.15) is 4.31 Å². The Balaban J connectivity index is 1.57. The Morgan fingerprint density at radius 1 is 1.13 bits per heavy atom. The van der Waals surface area contributed by atoms with E-state index in [9.17, 15) is 13.2 Å². The summed E-state index contributed by atoms with van der Waals surface area (Å²) in [6, 6.07) is 16.5. The van der Waals surface area contributed by atoms with Crippen LogP contribution in [0.4, 0.5) is 4.79 Å². The predicted molar refractivity (Wildman–Crippen MR) is 119 cm³/mol. The molecule has 0 atom stereocenters. The summed E-state index contributed by atoms with van der Waals surface area (Å²) >= 11 is 0. The lowest BCUT2D eigenvalue weighted by Gasteiger charge is -2.33. The van der Waals surface area contributed by atoms with Crippen LogP contribution in [0.1, 0.15) is 24.0 Å². The number of carbonyl (C=O) groups excluding carboxylic acids is 1. The Bertz CT molecular complexity index is 951. The van der Waals surface area contributed by atoms with Gasteiger partial charge in [0.15, 0.2) is 0 Å². The summed E-state index contributed by atoms with van der Waals surface area (Å²) in [5.41, 5.74) is 2.07. The zero-order chi connectivity index (χ0) is 21.6. The van der Waals surface area contributed by atoms with Crippen LogP contribution in [-0.4, -0.2) is 49.3 Å². The van der Waals surface area contributed by atoms with Crippen LogP contribution >= 0.6 is 0 Å². The van der Waals surface area contributed by atoms with Crippen LogP contribution in [-0.2, 0) is 16.6 Å². The molecular weight excluding hydrogens is 398 g/mol. The first-order valence-corrected chi connectivity index (χ1v) is 11.6. The highest BCUT2D eigenvalue weighted by atomic mass is 32.2. The summed E-state index contributed by atoms with van der Waals surface area (Å²) in [5, 5.41) is 3.06. The monoisotopic (exact) mass is 427 g/mol. The minimum Gasteiger partial charge on any atom is -0.335 e. The van der Waals surface area contributed by atoms with Crippen molar-refractivity contribution >= 4 is 16.1 Å². The molecule has 6 nitrogen and oxygen atoms in total. The molecular formula is C23H29N3O3S. The molecule has 2 aromatic rings. The summed E-state index contributed by atoms with van der Waals surface area (Å²) in [6.45, 7) is 7.40. The minimum atomic E-state index is -3.50. The molecule has 0 bridgehead atoms. The van der Waals surface area contributed by atoms with Crippen LogP contribution in [0.5, 0.6) is 0 Å². The first-order valence-electron chi connectivity index (χ1n) is 10.2. The fourth-order valence-corrected chi connectivity index (χ4v) is 5.01. The third-order valence-corrected chi connectivity index (χ3v) is 7.21. The Hall–Kier alpha value is -2.64. The van der Waals surface area contributed by atoms with E-state index in [1.165, 1.54) is 4.31 Å². The van der Waals surface area contributed by atoms with Gasteiger partial charge in [0.05, 0.1) is 4.90 Å². The number of sulfonamides is 1. The van der Waals surface area contributed by atoms with Gasteiger partial charge in [-0.25, -0.2) is 13.2 Å². The second-order valence-corrected chi connectivity index (χ2v) is 9.53. The fourth-order valence-electron chi connectivity index (χ4n) is 3.54. The Morgan fingerprint density at radius 2 is 1.77 bits per heavy atom. The summed E-state index contributed by atoms with van der Waals surface area (Å²) in [7, 11) is -3.50. The van der Waals surface area contributed by atoms with Gasteiger partial charge in [0.25, 0.3) is 0 Å². The molecule has 2 amide bonds. The largest absolute Gasteiger partial charge is 0.335 e. The van der Waals surface area contributed by atoms with Crippen LogP contribution in [0.15, 0.2) is 72.1 Å². The number of piperidine rings is 1. The molecule has 1 saturated heterocycles. The van der Waals surface area contributed by atoms with Crippen LogP contribution in [0.25, 0.3) is 0 Å². The SMILES string of the molecule is C=CCN(Cc1ccccc1)C(=O)NC1CCN(S(=O)(=O)c2ccc(C)cc2)CC1. The molecule has 1 N–H and O–H groups in total. The number of hydrogen-bond donors (Lipinski definition) is 1. The number of rotatable bonds is 7. The lowest BCUT2D eigenvalue weighted by atomic mass is 10.1. The Morgan fingerprint density at radius 3 is 2.37 bits per heavy atom. The summed E-state index contributed by atoms with van der Waals surface area (Å²) in [6.07, 6.45) is 2.88. The number of benzene rings is 2. The van der Waals surface area contributed by atoms with E-state index in [2.05, 4.69) is 11.9 Å². The Kier molecular flexibility index (Phi) is 7.29. The van der Waals surface area contributed by atoms with Gasteiger partial charge >= 0.3 is 6.03 Å². The van der Waals surface area contributed by atoms with Crippen molar-refractivity contribution in [3.8, 4) is 0 Å². The molecule has 1 heterocycles. The molecule has 0 spiro atoms. The molecule has 3 rings (SSSR count). The molecule has 0 unspecified atom stereocenters. The van der Waals surface area contributed by atoms with Crippen molar-refractivity contribution in [2.24, 2.45) is 0 Å². The molecule has 30 heavy (non-hydrogen) atoms. The minimum absolute atomic E-state index is 0.0509. The maximum absolute atomic E-state index is 12.8. The van der Waals surface area contributed by atoms with Crippen molar-refractivity contribution in [3.63, 3.8) is 0 Å². The number of carbonyl (C=O) groups is 1. The molecule has 0 aromatic heterocycles. The Labute approximate surface area is 179 Å². The van der Waals surface area contributed by atoms with Gasteiger partial charge in [-0.1, -0.05) is 54.1 Å². The second kappa shape index (κ2) is 9.91. The van der Waals surface area contributed by atoms with Crippen LogP contribution in [0, 0.1) is 6.92 Å². The van der Waals surface area contributed by atoms with E-state index in [1.807, 2.05) is 37.3 Å².